The molecule has 7 heteroatoms. The van der Waals surface area contributed by atoms with Crippen molar-refractivity contribution in [2.75, 3.05) is 5.73 Å². The van der Waals surface area contributed by atoms with Gasteiger partial charge in [0.2, 0.25) is 0 Å². The van der Waals surface area contributed by atoms with Gasteiger partial charge >= 0.3 is 5.69 Å². The van der Waals surface area contributed by atoms with Crippen molar-refractivity contribution in [1.29, 1.82) is 0 Å². The summed E-state index contributed by atoms with van der Waals surface area (Å²) in [6.45, 7) is 2.45. The number of hydrogen-bond acceptors (Lipinski definition) is 5. The molecular formula is C13H13N5OS. The molecule has 20 heavy (non-hydrogen) atoms. The second-order valence-corrected chi connectivity index (χ2v) is 5.19. The number of nitrogen functional groups attached to an aromatic ring is 1. The number of nitrogens with zero attached hydrogens (tertiary/aromatic N) is 3. The molecule has 0 saturated carbocycles. The summed E-state index contributed by atoms with van der Waals surface area (Å²) in [6.07, 6.45) is 1.63. The fourth-order valence-electron chi connectivity index (χ4n) is 2.00. The molecule has 0 unspecified atom stereocenters. The SMILES string of the molecule is CCn1c(Sc2c(N)cnc3ccccc23)n[nH]c1=O. The molecule has 102 valence electrons. The Kier molecular flexibility index (Phi) is 3.19. The molecule has 0 radical (unpaired) electrons. The number of pyridine rings is 1. The number of rotatable bonds is 3. The Morgan fingerprint density at radius 3 is 3.00 bits per heavy atom. The number of H-pyrrole nitrogens is 1. The van der Waals surface area contributed by atoms with Crippen molar-refractivity contribution in [3.8, 4) is 0 Å². The minimum absolute atomic E-state index is 0.216. The Labute approximate surface area is 119 Å². The summed E-state index contributed by atoms with van der Waals surface area (Å²) in [6, 6.07) is 7.75. The van der Waals surface area contributed by atoms with E-state index in [-0.39, 0.29) is 5.69 Å². The molecule has 0 aliphatic carbocycles. The highest BCUT2D eigenvalue weighted by Crippen LogP contribution is 2.35. The first-order valence-corrected chi connectivity index (χ1v) is 6.98. The van der Waals surface area contributed by atoms with Crippen molar-refractivity contribution >= 4 is 28.4 Å². The van der Waals surface area contributed by atoms with Gasteiger partial charge in [0, 0.05) is 16.8 Å². The molecule has 0 atom stereocenters. The number of aromatic amines is 1. The van der Waals surface area contributed by atoms with E-state index in [0.717, 1.165) is 15.8 Å². The zero-order chi connectivity index (χ0) is 14.1. The van der Waals surface area contributed by atoms with Crippen LogP contribution in [0.1, 0.15) is 6.92 Å². The molecule has 0 bridgehead atoms. The molecule has 2 aromatic heterocycles. The number of aromatic nitrogens is 4. The first kappa shape index (κ1) is 12.7. The maximum Gasteiger partial charge on any atom is 0.343 e. The van der Waals surface area contributed by atoms with E-state index < -0.39 is 0 Å². The molecular weight excluding hydrogens is 274 g/mol. The largest absolute Gasteiger partial charge is 0.397 e. The average molecular weight is 287 g/mol. The number of nitrogens with one attached hydrogen (secondary N) is 1. The van der Waals surface area contributed by atoms with Gasteiger partial charge in [0.25, 0.3) is 0 Å². The molecule has 0 saturated heterocycles. The molecule has 1 aromatic carbocycles. The molecule has 0 aliphatic rings. The van der Waals surface area contributed by atoms with Crippen LogP contribution in [-0.2, 0) is 6.54 Å². The lowest BCUT2D eigenvalue weighted by atomic mass is 10.2. The predicted molar refractivity (Wildman–Crippen MR) is 78.8 cm³/mol. The van der Waals surface area contributed by atoms with Crippen LogP contribution in [0.5, 0.6) is 0 Å². The maximum atomic E-state index is 11.6. The van der Waals surface area contributed by atoms with Gasteiger partial charge in [-0.05, 0) is 24.8 Å². The van der Waals surface area contributed by atoms with Crippen LogP contribution in [0.2, 0.25) is 0 Å². The molecule has 3 N–H and O–H groups in total. The first-order valence-electron chi connectivity index (χ1n) is 6.17. The minimum atomic E-state index is -0.216. The normalized spacial score (nSPS) is 11.1. The van der Waals surface area contributed by atoms with Crippen LogP contribution in [0, 0.1) is 0 Å². The number of para-hydroxylation sites is 1. The summed E-state index contributed by atoms with van der Waals surface area (Å²) < 4.78 is 1.57. The van der Waals surface area contributed by atoms with Crippen LogP contribution in [0.25, 0.3) is 10.9 Å². The zero-order valence-corrected chi connectivity index (χ0v) is 11.6. The van der Waals surface area contributed by atoms with Gasteiger partial charge in [-0.1, -0.05) is 18.2 Å². The van der Waals surface area contributed by atoms with E-state index >= 15 is 0 Å². The van der Waals surface area contributed by atoms with Gasteiger partial charge in [-0.25, -0.2) is 9.89 Å². The predicted octanol–water partition coefficient (Wildman–Crippen LogP) is 1.87. The average Bonchev–Trinajstić information content (AvgIpc) is 2.82. The summed E-state index contributed by atoms with van der Waals surface area (Å²) in [5.74, 6) is 0. The van der Waals surface area contributed by atoms with E-state index in [2.05, 4.69) is 15.2 Å². The lowest BCUT2D eigenvalue weighted by Crippen LogP contribution is -2.16. The van der Waals surface area contributed by atoms with Crippen molar-refractivity contribution in [2.45, 2.75) is 23.5 Å². The highest BCUT2D eigenvalue weighted by atomic mass is 32.2. The van der Waals surface area contributed by atoms with Gasteiger partial charge in [0.05, 0.1) is 17.4 Å². The van der Waals surface area contributed by atoms with Crippen molar-refractivity contribution in [3.63, 3.8) is 0 Å². The van der Waals surface area contributed by atoms with E-state index in [1.54, 1.807) is 10.8 Å². The smallest absolute Gasteiger partial charge is 0.343 e. The van der Waals surface area contributed by atoms with Crippen LogP contribution in [0.4, 0.5) is 5.69 Å². The summed E-state index contributed by atoms with van der Waals surface area (Å²) in [7, 11) is 0. The standard InChI is InChI=1S/C13H13N5OS/c1-2-18-12(19)16-17-13(18)20-11-8-5-3-4-6-10(8)15-7-9(11)14/h3-7H,2,14H2,1H3,(H,16,19). The summed E-state index contributed by atoms with van der Waals surface area (Å²) in [5.41, 5.74) is 7.25. The third-order valence-electron chi connectivity index (χ3n) is 2.99. The molecule has 0 fully saturated rings. The van der Waals surface area contributed by atoms with Crippen LogP contribution >= 0.6 is 11.8 Å². The van der Waals surface area contributed by atoms with E-state index in [1.165, 1.54) is 11.8 Å². The van der Waals surface area contributed by atoms with Gasteiger partial charge in [-0.15, -0.1) is 5.10 Å². The zero-order valence-electron chi connectivity index (χ0n) is 10.8. The van der Waals surface area contributed by atoms with E-state index in [0.29, 0.717) is 17.4 Å². The first-order chi connectivity index (χ1) is 9.70. The van der Waals surface area contributed by atoms with Gasteiger partial charge < -0.3 is 5.73 Å². The van der Waals surface area contributed by atoms with Gasteiger partial charge in [0.1, 0.15) is 0 Å². The molecule has 2 heterocycles. The molecule has 0 amide bonds. The number of nitrogens with two attached hydrogens (primary N) is 1. The fraction of sp³-hybridized carbons (Fsp3) is 0.154. The lowest BCUT2D eigenvalue weighted by molar-refractivity contribution is 0.660. The van der Waals surface area contributed by atoms with Crippen LogP contribution in [-0.4, -0.2) is 19.7 Å². The third-order valence-corrected chi connectivity index (χ3v) is 4.14. The molecule has 0 spiro atoms. The Morgan fingerprint density at radius 2 is 2.20 bits per heavy atom. The Hall–Kier alpha value is -2.28. The van der Waals surface area contributed by atoms with Crippen molar-refractivity contribution < 1.29 is 0 Å². The van der Waals surface area contributed by atoms with Gasteiger partial charge in [-0.2, -0.15) is 0 Å². The maximum absolute atomic E-state index is 11.6. The number of benzene rings is 1. The second kappa shape index (κ2) is 5.01. The number of fused-ring (bicyclic) bond motifs is 1. The topological polar surface area (TPSA) is 89.6 Å². The van der Waals surface area contributed by atoms with Crippen molar-refractivity contribution in [2.24, 2.45) is 0 Å². The quantitative estimate of drug-likeness (QED) is 0.767. The van der Waals surface area contributed by atoms with E-state index in [4.69, 9.17) is 5.73 Å². The monoisotopic (exact) mass is 287 g/mol. The Balaban J connectivity index is 2.15. The van der Waals surface area contributed by atoms with E-state index in [1.807, 2.05) is 31.2 Å². The highest BCUT2D eigenvalue weighted by molar-refractivity contribution is 7.99. The van der Waals surface area contributed by atoms with Crippen LogP contribution in [0.3, 0.4) is 0 Å². The van der Waals surface area contributed by atoms with Crippen LogP contribution < -0.4 is 11.4 Å². The van der Waals surface area contributed by atoms with E-state index in [9.17, 15) is 4.79 Å². The number of hydrogen-bond donors (Lipinski definition) is 2. The summed E-state index contributed by atoms with van der Waals surface area (Å²) in [4.78, 5) is 16.8. The minimum Gasteiger partial charge on any atom is -0.397 e. The molecule has 3 rings (SSSR count). The fourth-order valence-corrected chi connectivity index (χ4v) is 3.05. The van der Waals surface area contributed by atoms with Crippen LogP contribution in [0.15, 0.2) is 45.3 Å². The van der Waals surface area contributed by atoms with Gasteiger partial charge in [-0.3, -0.25) is 9.55 Å². The number of anilines is 1. The Morgan fingerprint density at radius 1 is 1.40 bits per heavy atom. The Bertz CT molecular complexity index is 823. The third kappa shape index (κ3) is 2.05. The molecule has 6 nitrogen and oxygen atoms in total. The van der Waals surface area contributed by atoms with Crippen molar-refractivity contribution in [1.82, 2.24) is 19.7 Å². The summed E-state index contributed by atoms with van der Waals surface area (Å²) in [5, 5.41) is 8.05. The lowest BCUT2D eigenvalue weighted by Gasteiger charge is -2.08. The summed E-state index contributed by atoms with van der Waals surface area (Å²) >= 11 is 1.37. The second-order valence-electron chi connectivity index (χ2n) is 4.22. The van der Waals surface area contributed by atoms with Crippen molar-refractivity contribution in [3.05, 3.63) is 40.9 Å². The van der Waals surface area contributed by atoms with Gasteiger partial charge in [0.15, 0.2) is 5.16 Å². The molecule has 3 aromatic rings. The highest BCUT2D eigenvalue weighted by Gasteiger charge is 2.13. The molecule has 0 aliphatic heterocycles.